The second-order valence-electron chi connectivity index (χ2n) is 5.47. The summed E-state index contributed by atoms with van der Waals surface area (Å²) in [5, 5.41) is 14.2. The minimum atomic E-state index is -1.13. The number of nitrogens with one attached hydrogen (secondary N) is 2. The maximum absolute atomic E-state index is 12.2. The molecule has 0 spiro atoms. The molecule has 1 unspecified atom stereocenters. The summed E-state index contributed by atoms with van der Waals surface area (Å²) in [5.74, 6) is 0.508. The Morgan fingerprint density at radius 3 is 2.79 bits per heavy atom. The van der Waals surface area contributed by atoms with Gasteiger partial charge in [-0.2, -0.15) is 0 Å². The Labute approximate surface area is 138 Å². The minimum absolute atomic E-state index is 0.170. The lowest BCUT2D eigenvalue weighted by Gasteiger charge is -2.23. The number of morpholine rings is 1. The summed E-state index contributed by atoms with van der Waals surface area (Å²) >= 11 is 0. The summed E-state index contributed by atoms with van der Waals surface area (Å²) in [6.45, 7) is 1.97. The molecule has 1 amide bonds. The van der Waals surface area contributed by atoms with Crippen molar-refractivity contribution in [1.29, 1.82) is 0 Å². The number of rotatable bonds is 3. The molecule has 0 aliphatic carbocycles. The number of hydrogen-bond acceptors (Lipinski definition) is 5. The van der Waals surface area contributed by atoms with E-state index >= 15 is 0 Å². The van der Waals surface area contributed by atoms with Crippen molar-refractivity contribution in [2.75, 3.05) is 25.0 Å². The molecule has 1 atom stereocenters. The summed E-state index contributed by atoms with van der Waals surface area (Å²) in [4.78, 5) is 27.5. The van der Waals surface area contributed by atoms with Gasteiger partial charge in [-0.25, -0.2) is 9.78 Å². The topological polar surface area (TPSA) is 105 Å². The summed E-state index contributed by atoms with van der Waals surface area (Å²) < 4.78 is 7.12. The van der Waals surface area contributed by atoms with Gasteiger partial charge in [0, 0.05) is 37.5 Å². The molecular formula is C16H18N4O4. The second kappa shape index (κ2) is 6.81. The fraction of sp³-hybridized carbons (Fsp3) is 0.312. The summed E-state index contributed by atoms with van der Waals surface area (Å²) in [5.41, 5.74) is 1.59. The molecule has 1 aliphatic heterocycles. The van der Waals surface area contributed by atoms with Crippen LogP contribution < -0.4 is 16.2 Å². The number of anilines is 1. The van der Waals surface area contributed by atoms with E-state index in [4.69, 9.17) is 9.84 Å². The predicted molar refractivity (Wildman–Crippen MR) is 88.1 cm³/mol. The smallest absolute Gasteiger partial charge is 0.409 e. The lowest BCUT2D eigenvalue weighted by atomic mass is 10.1. The summed E-state index contributed by atoms with van der Waals surface area (Å²) in [7, 11) is 1.65. The zero-order chi connectivity index (χ0) is 17.1. The van der Waals surface area contributed by atoms with Crippen molar-refractivity contribution in [3.05, 3.63) is 46.4 Å². The van der Waals surface area contributed by atoms with Crippen LogP contribution in [0.3, 0.4) is 0 Å². The maximum Gasteiger partial charge on any atom is 0.409 e. The number of aromatic nitrogens is 2. The highest BCUT2D eigenvalue weighted by Gasteiger charge is 2.19. The van der Waals surface area contributed by atoms with Gasteiger partial charge in [-0.05, 0) is 24.3 Å². The van der Waals surface area contributed by atoms with Gasteiger partial charge in [0.15, 0.2) is 0 Å². The van der Waals surface area contributed by atoms with Gasteiger partial charge in [-0.3, -0.25) is 14.7 Å². The summed E-state index contributed by atoms with van der Waals surface area (Å²) in [6.07, 6.45) is -1.38. The number of amides is 1. The first-order valence-corrected chi connectivity index (χ1v) is 7.55. The lowest BCUT2D eigenvalue weighted by Crippen LogP contribution is -2.35. The van der Waals surface area contributed by atoms with Crippen LogP contribution in [0.2, 0.25) is 0 Å². The van der Waals surface area contributed by atoms with E-state index in [0.29, 0.717) is 30.4 Å². The van der Waals surface area contributed by atoms with Crippen LogP contribution in [-0.2, 0) is 11.8 Å². The van der Waals surface area contributed by atoms with Crippen molar-refractivity contribution >= 4 is 11.8 Å². The first-order chi connectivity index (χ1) is 11.5. The number of nitrogens with zero attached hydrogens (tertiary/aromatic N) is 2. The number of carbonyl (C=O) groups is 1. The predicted octanol–water partition coefficient (Wildman–Crippen LogP) is 1.20. The molecule has 126 valence electrons. The first kappa shape index (κ1) is 16.2. The third-order valence-electron chi connectivity index (χ3n) is 3.81. The fourth-order valence-electron chi connectivity index (χ4n) is 2.56. The highest BCUT2D eigenvalue weighted by molar-refractivity contribution is 5.83. The zero-order valence-corrected chi connectivity index (χ0v) is 13.2. The average Bonchev–Trinajstić information content (AvgIpc) is 2.58. The first-order valence-electron chi connectivity index (χ1n) is 7.55. The van der Waals surface area contributed by atoms with Gasteiger partial charge in [0.05, 0.1) is 12.3 Å². The van der Waals surface area contributed by atoms with Crippen molar-refractivity contribution in [2.24, 2.45) is 7.05 Å². The zero-order valence-electron chi connectivity index (χ0n) is 13.2. The largest absolute Gasteiger partial charge is 0.465 e. The van der Waals surface area contributed by atoms with Crippen LogP contribution in [0.15, 0.2) is 35.1 Å². The van der Waals surface area contributed by atoms with E-state index in [1.54, 1.807) is 31.3 Å². The van der Waals surface area contributed by atoms with Crippen molar-refractivity contribution < 1.29 is 14.6 Å². The Hall–Kier alpha value is -2.71. The van der Waals surface area contributed by atoms with E-state index in [0.717, 1.165) is 12.1 Å². The van der Waals surface area contributed by atoms with Gasteiger partial charge in [0.25, 0.3) is 5.56 Å². The van der Waals surface area contributed by atoms with E-state index < -0.39 is 6.09 Å². The Morgan fingerprint density at radius 1 is 1.42 bits per heavy atom. The van der Waals surface area contributed by atoms with Gasteiger partial charge < -0.3 is 15.2 Å². The normalized spacial score (nSPS) is 17.5. The SMILES string of the molecule is Cn1c(-c2ccc(NC(=O)O)cc2)nc(C2CNCCO2)cc1=O. The van der Waals surface area contributed by atoms with Crippen molar-refractivity contribution in [1.82, 2.24) is 14.9 Å². The molecule has 1 saturated heterocycles. The summed E-state index contributed by atoms with van der Waals surface area (Å²) in [6, 6.07) is 8.18. The van der Waals surface area contributed by atoms with E-state index in [1.165, 1.54) is 10.6 Å². The highest BCUT2D eigenvalue weighted by atomic mass is 16.5. The molecule has 3 N–H and O–H groups in total. The molecule has 8 nitrogen and oxygen atoms in total. The van der Waals surface area contributed by atoms with Gasteiger partial charge >= 0.3 is 6.09 Å². The Morgan fingerprint density at radius 2 is 2.17 bits per heavy atom. The molecule has 0 bridgehead atoms. The van der Waals surface area contributed by atoms with Crippen molar-refractivity contribution in [3.8, 4) is 11.4 Å². The second-order valence-corrected chi connectivity index (χ2v) is 5.47. The molecule has 1 aliphatic rings. The maximum atomic E-state index is 12.2. The van der Waals surface area contributed by atoms with Crippen molar-refractivity contribution in [2.45, 2.75) is 6.10 Å². The number of hydrogen-bond donors (Lipinski definition) is 3. The molecule has 24 heavy (non-hydrogen) atoms. The van der Waals surface area contributed by atoms with Crippen LogP contribution >= 0.6 is 0 Å². The van der Waals surface area contributed by atoms with E-state index in [1.807, 2.05) is 0 Å². The lowest BCUT2D eigenvalue weighted by molar-refractivity contribution is 0.0249. The van der Waals surface area contributed by atoms with Gasteiger partial charge in [-0.1, -0.05) is 0 Å². The van der Waals surface area contributed by atoms with Crippen LogP contribution in [0, 0.1) is 0 Å². The Bertz CT molecular complexity index is 795. The molecule has 0 saturated carbocycles. The van der Waals surface area contributed by atoms with Crippen LogP contribution in [-0.4, -0.2) is 40.4 Å². The van der Waals surface area contributed by atoms with Crippen LogP contribution in [0.1, 0.15) is 11.8 Å². The van der Waals surface area contributed by atoms with Crippen LogP contribution in [0.4, 0.5) is 10.5 Å². The quantitative estimate of drug-likeness (QED) is 0.781. The number of ether oxygens (including phenoxy) is 1. The third kappa shape index (κ3) is 3.44. The monoisotopic (exact) mass is 330 g/mol. The van der Waals surface area contributed by atoms with E-state index in [9.17, 15) is 9.59 Å². The highest BCUT2D eigenvalue weighted by Crippen LogP contribution is 2.22. The van der Waals surface area contributed by atoms with Gasteiger partial charge in [0.2, 0.25) is 0 Å². The average molecular weight is 330 g/mol. The minimum Gasteiger partial charge on any atom is -0.465 e. The molecule has 1 aromatic heterocycles. The van der Waals surface area contributed by atoms with Crippen molar-refractivity contribution in [3.63, 3.8) is 0 Å². The standard InChI is InChI=1S/C16H18N4O4/c1-20-14(21)8-12(13-9-17-6-7-24-13)19-15(20)10-2-4-11(5-3-10)18-16(22)23/h2-5,8,13,17-18H,6-7,9H2,1H3,(H,22,23). The Kier molecular flexibility index (Phi) is 4.59. The third-order valence-corrected chi connectivity index (χ3v) is 3.81. The number of benzene rings is 1. The van der Waals surface area contributed by atoms with E-state index in [2.05, 4.69) is 15.6 Å². The van der Waals surface area contributed by atoms with E-state index in [-0.39, 0.29) is 11.7 Å². The number of carboxylic acid groups (broad SMARTS) is 1. The molecule has 2 aromatic rings. The van der Waals surface area contributed by atoms with Gasteiger partial charge in [0.1, 0.15) is 11.9 Å². The molecule has 3 rings (SSSR count). The molecule has 0 radical (unpaired) electrons. The van der Waals surface area contributed by atoms with Crippen LogP contribution in [0.25, 0.3) is 11.4 Å². The molecular weight excluding hydrogens is 312 g/mol. The molecule has 8 heteroatoms. The Balaban J connectivity index is 1.95. The fourth-order valence-corrected chi connectivity index (χ4v) is 2.56. The molecule has 2 heterocycles. The van der Waals surface area contributed by atoms with Gasteiger partial charge in [-0.15, -0.1) is 0 Å². The molecule has 1 fully saturated rings. The molecule has 1 aromatic carbocycles. The van der Waals surface area contributed by atoms with Crippen LogP contribution in [0.5, 0.6) is 0 Å².